The number of nitrogens with one attached hydrogen (secondary N) is 1. The highest BCUT2D eigenvalue weighted by Gasteiger charge is 2.06. The van der Waals surface area contributed by atoms with Gasteiger partial charge in [-0.1, -0.05) is 29.3 Å². The zero-order valence-electron chi connectivity index (χ0n) is 12.5. The van der Waals surface area contributed by atoms with Crippen LogP contribution in [0.1, 0.15) is 35.4 Å². The van der Waals surface area contributed by atoms with Gasteiger partial charge in [0.05, 0.1) is 12.3 Å². The summed E-state index contributed by atoms with van der Waals surface area (Å²) in [6, 6.07) is 11.0. The highest BCUT2D eigenvalue weighted by molar-refractivity contribution is 7.98. The molecule has 1 aromatic heterocycles. The quantitative estimate of drug-likeness (QED) is 0.761. The Hall–Kier alpha value is -1.19. The summed E-state index contributed by atoms with van der Waals surface area (Å²) in [5.74, 6) is 3.20. The van der Waals surface area contributed by atoms with Crippen molar-refractivity contribution in [2.45, 2.75) is 32.6 Å². The number of aryl methyl sites for hydroxylation is 2. The van der Waals surface area contributed by atoms with Gasteiger partial charge in [0.1, 0.15) is 5.76 Å². The summed E-state index contributed by atoms with van der Waals surface area (Å²) >= 11 is 1.97. The molecular formula is C17H23NOS. The predicted molar refractivity (Wildman–Crippen MR) is 87.2 cm³/mol. The van der Waals surface area contributed by atoms with Crippen LogP contribution in [0.5, 0.6) is 0 Å². The molecule has 1 atom stereocenters. The molecule has 0 fully saturated rings. The highest BCUT2D eigenvalue weighted by Crippen LogP contribution is 2.16. The first-order chi connectivity index (χ1) is 9.65. The fourth-order valence-corrected chi connectivity index (χ4v) is 3.14. The summed E-state index contributed by atoms with van der Waals surface area (Å²) in [6.07, 6.45) is 1.72. The van der Waals surface area contributed by atoms with Crippen molar-refractivity contribution < 1.29 is 4.42 Å². The molecule has 0 aliphatic rings. The third kappa shape index (κ3) is 4.73. The molecule has 2 aromatic rings. The molecule has 1 unspecified atom stereocenters. The van der Waals surface area contributed by atoms with Crippen LogP contribution in [0.15, 0.2) is 41.0 Å². The van der Waals surface area contributed by atoms with E-state index < -0.39 is 0 Å². The molecule has 0 amide bonds. The van der Waals surface area contributed by atoms with Gasteiger partial charge in [0, 0.05) is 18.1 Å². The molecule has 1 N–H and O–H groups in total. The maximum absolute atomic E-state index is 5.38. The molecule has 3 heteroatoms. The zero-order valence-corrected chi connectivity index (χ0v) is 13.3. The molecule has 0 bridgehead atoms. The Bertz CT molecular complexity index is 502. The smallest absolute Gasteiger partial charge is 0.120 e. The first-order valence-electron chi connectivity index (χ1n) is 7.07. The SMILES string of the molecule is Cc1cc(C)cc(CSCCNC(C)c2ccco2)c1. The Kier molecular flexibility index (Phi) is 5.74. The minimum absolute atomic E-state index is 0.284. The molecule has 0 radical (unpaired) electrons. The normalized spacial score (nSPS) is 12.6. The van der Waals surface area contributed by atoms with E-state index in [0.717, 1.165) is 23.8 Å². The third-order valence-electron chi connectivity index (χ3n) is 3.22. The lowest BCUT2D eigenvalue weighted by molar-refractivity contribution is 0.438. The van der Waals surface area contributed by atoms with Crippen molar-refractivity contribution in [2.75, 3.05) is 12.3 Å². The van der Waals surface area contributed by atoms with Crippen molar-refractivity contribution in [3.63, 3.8) is 0 Å². The van der Waals surface area contributed by atoms with Gasteiger partial charge in [-0.05, 0) is 38.5 Å². The number of thioether (sulfide) groups is 1. The Labute approximate surface area is 126 Å². The molecular weight excluding hydrogens is 266 g/mol. The van der Waals surface area contributed by atoms with Crippen LogP contribution >= 0.6 is 11.8 Å². The van der Waals surface area contributed by atoms with Crippen LogP contribution in [0.4, 0.5) is 0 Å². The molecule has 2 nitrogen and oxygen atoms in total. The third-order valence-corrected chi connectivity index (χ3v) is 4.25. The van der Waals surface area contributed by atoms with Crippen LogP contribution in [0.3, 0.4) is 0 Å². The average Bonchev–Trinajstić information content (AvgIpc) is 2.90. The van der Waals surface area contributed by atoms with Crippen LogP contribution < -0.4 is 5.32 Å². The molecule has 1 aromatic carbocycles. The molecule has 1 heterocycles. The summed E-state index contributed by atoms with van der Waals surface area (Å²) in [5.41, 5.74) is 4.13. The number of benzene rings is 1. The fraction of sp³-hybridized carbons (Fsp3) is 0.412. The molecule has 20 heavy (non-hydrogen) atoms. The summed E-state index contributed by atoms with van der Waals surface area (Å²) in [6.45, 7) is 7.45. The minimum Gasteiger partial charge on any atom is -0.468 e. The monoisotopic (exact) mass is 289 g/mol. The fourth-order valence-electron chi connectivity index (χ4n) is 2.33. The van der Waals surface area contributed by atoms with Crippen molar-refractivity contribution in [2.24, 2.45) is 0 Å². The minimum atomic E-state index is 0.284. The second-order valence-corrected chi connectivity index (χ2v) is 6.34. The van der Waals surface area contributed by atoms with Crippen LogP contribution in [0, 0.1) is 13.8 Å². The van der Waals surface area contributed by atoms with E-state index in [0.29, 0.717) is 0 Å². The lowest BCUT2D eigenvalue weighted by Crippen LogP contribution is -2.20. The lowest BCUT2D eigenvalue weighted by atomic mass is 10.1. The van der Waals surface area contributed by atoms with Gasteiger partial charge in [0.15, 0.2) is 0 Å². The van der Waals surface area contributed by atoms with E-state index in [1.54, 1.807) is 6.26 Å². The summed E-state index contributed by atoms with van der Waals surface area (Å²) < 4.78 is 5.38. The van der Waals surface area contributed by atoms with E-state index in [1.165, 1.54) is 16.7 Å². The molecule has 108 valence electrons. The van der Waals surface area contributed by atoms with E-state index in [-0.39, 0.29) is 6.04 Å². The van der Waals surface area contributed by atoms with Crippen LogP contribution in [0.2, 0.25) is 0 Å². The molecule has 0 saturated carbocycles. The lowest BCUT2D eigenvalue weighted by Gasteiger charge is -2.11. The van der Waals surface area contributed by atoms with Crippen molar-refractivity contribution in [1.82, 2.24) is 5.32 Å². The average molecular weight is 289 g/mol. The van der Waals surface area contributed by atoms with Gasteiger partial charge in [-0.15, -0.1) is 0 Å². The van der Waals surface area contributed by atoms with Gasteiger partial charge in [-0.3, -0.25) is 0 Å². The van der Waals surface area contributed by atoms with E-state index in [4.69, 9.17) is 4.42 Å². The largest absolute Gasteiger partial charge is 0.468 e. The summed E-state index contributed by atoms with van der Waals surface area (Å²) in [7, 11) is 0. The van der Waals surface area contributed by atoms with Crippen molar-refractivity contribution in [3.05, 3.63) is 59.0 Å². The Morgan fingerprint density at radius 1 is 1.20 bits per heavy atom. The van der Waals surface area contributed by atoms with Crippen LogP contribution in [-0.4, -0.2) is 12.3 Å². The predicted octanol–water partition coefficient (Wildman–Crippen LogP) is 4.48. The first-order valence-corrected chi connectivity index (χ1v) is 8.22. The van der Waals surface area contributed by atoms with Gasteiger partial charge in [-0.25, -0.2) is 0 Å². The maximum Gasteiger partial charge on any atom is 0.120 e. The topological polar surface area (TPSA) is 25.2 Å². The number of rotatable bonds is 7. The summed E-state index contributed by atoms with van der Waals surface area (Å²) in [4.78, 5) is 0. The van der Waals surface area contributed by atoms with E-state index in [1.807, 2.05) is 23.9 Å². The van der Waals surface area contributed by atoms with Crippen LogP contribution in [-0.2, 0) is 5.75 Å². The van der Waals surface area contributed by atoms with Crippen molar-refractivity contribution >= 4 is 11.8 Å². The molecule has 0 spiro atoms. The molecule has 2 rings (SSSR count). The highest BCUT2D eigenvalue weighted by atomic mass is 32.2. The molecule has 0 aliphatic heterocycles. The number of hydrogen-bond acceptors (Lipinski definition) is 3. The van der Waals surface area contributed by atoms with Gasteiger partial charge < -0.3 is 9.73 Å². The van der Waals surface area contributed by atoms with Crippen LogP contribution in [0.25, 0.3) is 0 Å². The zero-order chi connectivity index (χ0) is 14.4. The Balaban J connectivity index is 1.66. The molecule has 0 saturated heterocycles. The number of hydrogen-bond donors (Lipinski definition) is 1. The Morgan fingerprint density at radius 3 is 2.60 bits per heavy atom. The molecule has 0 aliphatic carbocycles. The second-order valence-electron chi connectivity index (χ2n) is 5.24. The number of furan rings is 1. The van der Waals surface area contributed by atoms with Crippen molar-refractivity contribution in [3.8, 4) is 0 Å². The first kappa shape index (κ1) is 15.2. The van der Waals surface area contributed by atoms with Crippen molar-refractivity contribution in [1.29, 1.82) is 0 Å². The van der Waals surface area contributed by atoms with Gasteiger partial charge in [0.25, 0.3) is 0 Å². The van der Waals surface area contributed by atoms with E-state index >= 15 is 0 Å². The van der Waals surface area contributed by atoms with Gasteiger partial charge in [0.2, 0.25) is 0 Å². The van der Waals surface area contributed by atoms with E-state index in [2.05, 4.69) is 44.3 Å². The van der Waals surface area contributed by atoms with Gasteiger partial charge >= 0.3 is 0 Å². The maximum atomic E-state index is 5.38. The standard InChI is InChI=1S/C17H23NOS/c1-13-9-14(2)11-16(10-13)12-20-8-6-18-15(3)17-5-4-7-19-17/h4-5,7,9-11,15,18H,6,8,12H2,1-3H3. The summed E-state index contributed by atoms with van der Waals surface area (Å²) in [5, 5.41) is 3.48. The Morgan fingerprint density at radius 2 is 1.95 bits per heavy atom. The second kappa shape index (κ2) is 7.55. The van der Waals surface area contributed by atoms with Gasteiger partial charge in [-0.2, -0.15) is 11.8 Å². The van der Waals surface area contributed by atoms with E-state index in [9.17, 15) is 0 Å².